The molecule has 1 atom stereocenters. The molecule has 2 aromatic rings. The topological polar surface area (TPSA) is 77.7 Å². The summed E-state index contributed by atoms with van der Waals surface area (Å²) < 4.78 is 11.5. The van der Waals surface area contributed by atoms with E-state index in [1.807, 2.05) is 24.3 Å². The molecule has 0 aliphatic carbocycles. The van der Waals surface area contributed by atoms with Crippen molar-refractivity contribution in [3.63, 3.8) is 0 Å². The average molecular weight is 319 g/mol. The van der Waals surface area contributed by atoms with Crippen LogP contribution in [-0.2, 0) is 6.54 Å². The minimum Gasteiger partial charge on any atom is -0.486 e. The zero-order chi connectivity index (χ0) is 15.5. The Bertz CT molecular complexity index is 674. The molecule has 2 N–H and O–H groups in total. The van der Waals surface area contributed by atoms with Crippen molar-refractivity contribution in [2.24, 2.45) is 5.73 Å². The summed E-state index contributed by atoms with van der Waals surface area (Å²) in [5.74, 6) is 1.30. The van der Waals surface area contributed by atoms with Crippen molar-refractivity contribution >= 4 is 17.2 Å². The number of carbonyl (C=O) groups is 1. The van der Waals surface area contributed by atoms with Crippen molar-refractivity contribution in [3.8, 4) is 11.5 Å². The van der Waals surface area contributed by atoms with E-state index in [-0.39, 0.29) is 12.0 Å². The van der Waals surface area contributed by atoms with E-state index in [1.54, 1.807) is 17.3 Å². The number of amides is 1. The van der Waals surface area contributed by atoms with Crippen molar-refractivity contribution in [1.29, 1.82) is 0 Å². The fourth-order valence-corrected chi connectivity index (χ4v) is 2.89. The van der Waals surface area contributed by atoms with Crippen LogP contribution in [0.3, 0.4) is 0 Å². The van der Waals surface area contributed by atoms with Gasteiger partial charge in [-0.2, -0.15) is 0 Å². The monoisotopic (exact) mass is 319 g/mol. The molecule has 3 rings (SSSR count). The number of ether oxygens (including phenoxy) is 2. The Morgan fingerprint density at radius 3 is 2.95 bits per heavy atom. The molecule has 7 heteroatoms. The third-order valence-corrected chi connectivity index (χ3v) is 4.21. The number of carbonyl (C=O) groups excluding carboxylic acids is 1. The normalized spacial score (nSPS) is 16.4. The van der Waals surface area contributed by atoms with Crippen molar-refractivity contribution in [1.82, 2.24) is 9.88 Å². The Labute approximate surface area is 132 Å². The third-order valence-electron chi connectivity index (χ3n) is 3.34. The molecule has 0 bridgehead atoms. The van der Waals surface area contributed by atoms with E-state index in [0.29, 0.717) is 31.1 Å². The van der Waals surface area contributed by atoms with Crippen LogP contribution in [0.15, 0.2) is 29.6 Å². The Balaban J connectivity index is 1.62. The van der Waals surface area contributed by atoms with Gasteiger partial charge in [0.25, 0.3) is 5.91 Å². The number of para-hydroxylation sites is 2. The lowest BCUT2D eigenvalue weighted by Crippen LogP contribution is -2.41. The second-order valence-electron chi connectivity index (χ2n) is 5.01. The number of aromatic nitrogens is 1. The highest BCUT2D eigenvalue weighted by Crippen LogP contribution is 2.31. The van der Waals surface area contributed by atoms with Crippen LogP contribution in [0, 0.1) is 0 Å². The van der Waals surface area contributed by atoms with Gasteiger partial charge in [0, 0.05) is 19.0 Å². The van der Waals surface area contributed by atoms with Gasteiger partial charge in [-0.3, -0.25) is 4.79 Å². The molecule has 0 spiro atoms. The minimum absolute atomic E-state index is 0.140. The molecule has 1 aliphatic rings. The van der Waals surface area contributed by atoms with Crippen LogP contribution >= 0.6 is 11.3 Å². The van der Waals surface area contributed by atoms with Crippen LogP contribution in [0.4, 0.5) is 0 Å². The van der Waals surface area contributed by atoms with E-state index >= 15 is 0 Å². The van der Waals surface area contributed by atoms with E-state index in [1.165, 1.54) is 11.3 Å². The van der Waals surface area contributed by atoms with Gasteiger partial charge in [-0.1, -0.05) is 12.1 Å². The predicted octanol–water partition coefficient (Wildman–Crippen LogP) is 1.51. The number of rotatable bonds is 4. The van der Waals surface area contributed by atoms with Crippen LogP contribution in [0.2, 0.25) is 0 Å². The summed E-state index contributed by atoms with van der Waals surface area (Å²) in [6.45, 7) is 1.19. The number of fused-ring (bicyclic) bond motifs is 1. The first-order valence-corrected chi connectivity index (χ1v) is 7.83. The van der Waals surface area contributed by atoms with E-state index in [9.17, 15) is 4.79 Å². The van der Waals surface area contributed by atoms with Crippen molar-refractivity contribution in [2.45, 2.75) is 12.6 Å². The van der Waals surface area contributed by atoms with Gasteiger partial charge in [0.05, 0.1) is 6.54 Å². The zero-order valence-electron chi connectivity index (χ0n) is 12.2. The second kappa shape index (κ2) is 6.33. The van der Waals surface area contributed by atoms with Crippen LogP contribution in [0.1, 0.15) is 15.5 Å². The lowest BCUT2D eigenvalue weighted by atomic mass is 10.2. The number of nitrogens with two attached hydrogens (primary N) is 1. The molecule has 6 nitrogen and oxygen atoms in total. The average Bonchev–Trinajstić information content (AvgIpc) is 3.03. The van der Waals surface area contributed by atoms with Gasteiger partial charge in [0.1, 0.15) is 17.3 Å². The zero-order valence-corrected chi connectivity index (χ0v) is 13.0. The van der Waals surface area contributed by atoms with Gasteiger partial charge in [-0.25, -0.2) is 4.98 Å². The van der Waals surface area contributed by atoms with Gasteiger partial charge in [-0.05, 0) is 12.1 Å². The highest BCUT2D eigenvalue weighted by atomic mass is 32.1. The lowest BCUT2D eigenvalue weighted by Gasteiger charge is -2.29. The van der Waals surface area contributed by atoms with E-state index in [2.05, 4.69) is 4.98 Å². The Kier molecular flexibility index (Phi) is 4.26. The van der Waals surface area contributed by atoms with Crippen LogP contribution in [0.5, 0.6) is 11.5 Å². The van der Waals surface area contributed by atoms with E-state index < -0.39 is 0 Å². The molecule has 1 aliphatic heterocycles. The molecule has 2 heterocycles. The van der Waals surface area contributed by atoms with Gasteiger partial charge in [0.15, 0.2) is 17.6 Å². The highest BCUT2D eigenvalue weighted by Gasteiger charge is 2.24. The number of benzene rings is 1. The van der Waals surface area contributed by atoms with Gasteiger partial charge in [-0.15, -0.1) is 11.3 Å². The maximum absolute atomic E-state index is 12.3. The first kappa shape index (κ1) is 14.8. The molecular formula is C15H17N3O3S. The van der Waals surface area contributed by atoms with Crippen LogP contribution in [0.25, 0.3) is 0 Å². The SMILES string of the molecule is CN(CC1COc2ccccc2O1)C(=O)c1csc(CN)n1. The van der Waals surface area contributed by atoms with Crippen molar-refractivity contribution in [2.75, 3.05) is 20.2 Å². The number of likely N-dealkylation sites (N-methyl/N-ethyl adjacent to an activating group) is 1. The van der Waals surface area contributed by atoms with Crippen LogP contribution in [-0.4, -0.2) is 42.1 Å². The molecule has 1 unspecified atom stereocenters. The summed E-state index contributed by atoms with van der Waals surface area (Å²) in [5.41, 5.74) is 5.94. The van der Waals surface area contributed by atoms with Gasteiger partial charge < -0.3 is 20.1 Å². The molecule has 1 aromatic heterocycles. The molecule has 1 aromatic carbocycles. The maximum atomic E-state index is 12.3. The number of nitrogens with zero attached hydrogens (tertiary/aromatic N) is 2. The first-order valence-electron chi connectivity index (χ1n) is 6.96. The van der Waals surface area contributed by atoms with Gasteiger partial charge in [0.2, 0.25) is 0 Å². The summed E-state index contributed by atoms with van der Waals surface area (Å²) in [7, 11) is 1.73. The van der Waals surface area contributed by atoms with Crippen LogP contribution < -0.4 is 15.2 Å². The largest absolute Gasteiger partial charge is 0.486 e. The Hall–Kier alpha value is -2.12. The smallest absolute Gasteiger partial charge is 0.273 e. The standard InChI is InChI=1S/C15H17N3O3S/c1-18(15(19)11-9-22-14(6-16)17-11)7-10-8-20-12-4-2-3-5-13(12)21-10/h2-5,9-10H,6-8,16H2,1H3. The molecular weight excluding hydrogens is 302 g/mol. The summed E-state index contributed by atoms with van der Waals surface area (Å²) in [5, 5.41) is 2.48. The van der Waals surface area contributed by atoms with E-state index in [4.69, 9.17) is 15.2 Å². The predicted molar refractivity (Wildman–Crippen MR) is 83.3 cm³/mol. The van der Waals surface area contributed by atoms with Crippen molar-refractivity contribution < 1.29 is 14.3 Å². The molecule has 0 saturated heterocycles. The number of thiazole rings is 1. The first-order chi connectivity index (χ1) is 10.7. The molecule has 0 saturated carbocycles. The Morgan fingerprint density at radius 1 is 1.45 bits per heavy atom. The highest BCUT2D eigenvalue weighted by molar-refractivity contribution is 7.09. The molecule has 22 heavy (non-hydrogen) atoms. The van der Waals surface area contributed by atoms with Gasteiger partial charge >= 0.3 is 0 Å². The Morgan fingerprint density at radius 2 is 2.23 bits per heavy atom. The number of hydrogen-bond acceptors (Lipinski definition) is 6. The third kappa shape index (κ3) is 3.05. The lowest BCUT2D eigenvalue weighted by molar-refractivity contribution is 0.0518. The molecule has 1 amide bonds. The number of hydrogen-bond donors (Lipinski definition) is 1. The molecule has 116 valence electrons. The second-order valence-corrected chi connectivity index (χ2v) is 5.96. The summed E-state index contributed by atoms with van der Waals surface area (Å²) in [6.07, 6.45) is -0.198. The van der Waals surface area contributed by atoms with E-state index in [0.717, 1.165) is 10.8 Å². The summed E-state index contributed by atoms with van der Waals surface area (Å²) in [4.78, 5) is 18.1. The quantitative estimate of drug-likeness (QED) is 0.924. The summed E-state index contributed by atoms with van der Waals surface area (Å²) >= 11 is 1.39. The molecule has 0 radical (unpaired) electrons. The fraction of sp³-hybridized carbons (Fsp3) is 0.333. The maximum Gasteiger partial charge on any atom is 0.273 e. The summed E-state index contributed by atoms with van der Waals surface area (Å²) in [6, 6.07) is 7.51. The fourth-order valence-electron chi connectivity index (χ4n) is 2.24. The molecule has 0 fully saturated rings. The minimum atomic E-state index is -0.198. The van der Waals surface area contributed by atoms with Crippen molar-refractivity contribution in [3.05, 3.63) is 40.3 Å².